The van der Waals surface area contributed by atoms with Crippen LogP contribution in [0.25, 0.3) is 11.8 Å². The van der Waals surface area contributed by atoms with Gasteiger partial charge in [-0.1, -0.05) is 12.1 Å². The number of hydrogen-bond acceptors (Lipinski definition) is 4. The van der Waals surface area contributed by atoms with Crippen LogP contribution < -0.4 is 15.0 Å². The number of hydrogen-bond donors (Lipinski definition) is 1. The Kier molecular flexibility index (Phi) is 5.36. The number of imide groups is 2. The van der Waals surface area contributed by atoms with E-state index in [1.807, 2.05) is 24.5 Å². The number of ether oxygens (including phenoxy) is 1. The number of urea groups is 1. The number of methoxy groups -OCH3 is 1. The molecular formula is C24H20FN3O4. The molecule has 1 N–H and O–H groups in total. The molecule has 0 atom stereocenters. The lowest BCUT2D eigenvalue weighted by molar-refractivity contribution is -0.122. The van der Waals surface area contributed by atoms with Gasteiger partial charge in [-0.15, -0.1) is 0 Å². The molecule has 4 rings (SSSR count). The van der Waals surface area contributed by atoms with E-state index in [1.54, 1.807) is 36.4 Å². The molecule has 0 bridgehead atoms. The first-order valence-corrected chi connectivity index (χ1v) is 9.81. The molecule has 8 heteroatoms. The minimum atomic E-state index is -0.849. The first-order chi connectivity index (χ1) is 15.3. The Bertz CT molecular complexity index is 1270. The predicted molar refractivity (Wildman–Crippen MR) is 117 cm³/mol. The number of nitrogens with one attached hydrogen (secondary N) is 1. The molecule has 0 unspecified atom stereocenters. The third-order valence-electron chi connectivity index (χ3n) is 5.28. The Morgan fingerprint density at radius 1 is 1.00 bits per heavy atom. The Labute approximate surface area is 183 Å². The lowest BCUT2D eigenvalue weighted by atomic mass is 10.1. The molecule has 1 aromatic heterocycles. The number of rotatable bonds is 4. The summed E-state index contributed by atoms with van der Waals surface area (Å²) in [4.78, 5) is 39.1. The van der Waals surface area contributed by atoms with Crippen molar-refractivity contribution in [3.63, 3.8) is 0 Å². The van der Waals surface area contributed by atoms with Gasteiger partial charge in [-0.25, -0.2) is 14.1 Å². The maximum atomic E-state index is 13.3. The molecule has 162 valence electrons. The van der Waals surface area contributed by atoms with Gasteiger partial charge in [-0.3, -0.25) is 14.9 Å². The summed E-state index contributed by atoms with van der Waals surface area (Å²) in [5.74, 6) is -1.56. The van der Waals surface area contributed by atoms with E-state index in [-0.39, 0.29) is 17.1 Å². The fourth-order valence-electron chi connectivity index (χ4n) is 3.77. The molecule has 2 heterocycles. The van der Waals surface area contributed by atoms with Crippen molar-refractivity contribution in [2.45, 2.75) is 13.8 Å². The van der Waals surface area contributed by atoms with Gasteiger partial charge in [0, 0.05) is 17.1 Å². The van der Waals surface area contributed by atoms with Crippen LogP contribution in [0.15, 0.2) is 60.2 Å². The summed E-state index contributed by atoms with van der Waals surface area (Å²) in [5, 5.41) is 2.21. The zero-order valence-corrected chi connectivity index (χ0v) is 17.7. The molecule has 1 aliphatic heterocycles. The Morgan fingerprint density at radius 2 is 1.69 bits per heavy atom. The molecule has 1 saturated heterocycles. The summed E-state index contributed by atoms with van der Waals surface area (Å²) >= 11 is 0. The molecule has 32 heavy (non-hydrogen) atoms. The highest BCUT2D eigenvalue weighted by molar-refractivity contribution is 6.39. The standard InChI is InChI=1S/C24H20FN3O4/c1-14-12-16(15(2)27(14)18-10-8-17(25)9-11-18)13-19-22(29)26-24(31)28(23(19)30)20-6-4-5-7-21(20)32-3/h4-13H,1-3H3,(H,26,29,31). The average molecular weight is 433 g/mol. The topological polar surface area (TPSA) is 80.6 Å². The fourth-order valence-corrected chi connectivity index (χ4v) is 3.77. The van der Waals surface area contributed by atoms with E-state index in [9.17, 15) is 18.8 Å². The summed E-state index contributed by atoms with van der Waals surface area (Å²) in [6, 6.07) is 13.5. The largest absolute Gasteiger partial charge is 0.495 e. The lowest BCUT2D eigenvalue weighted by Crippen LogP contribution is -2.54. The normalized spacial score (nSPS) is 15.3. The highest BCUT2D eigenvalue weighted by atomic mass is 19.1. The van der Waals surface area contributed by atoms with Gasteiger partial charge in [0.15, 0.2) is 0 Å². The van der Waals surface area contributed by atoms with Crippen molar-refractivity contribution in [3.05, 3.63) is 82.9 Å². The van der Waals surface area contributed by atoms with Gasteiger partial charge < -0.3 is 9.30 Å². The Morgan fingerprint density at radius 3 is 2.38 bits per heavy atom. The Hall–Kier alpha value is -4.20. The second-order valence-corrected chi connectivity index (χ2v) is 7.27. The van der Waals surface area contributed by atoms with E-state index in [1.165, 1.54) is 25.3 Å². The second kappa shape index (κ2) is 8.14. The van der Waals surface area contributed by atoms with Crippen LogP contribution in [0.4, 0.5) is 14.9 Å². The first kappa shape index (κ1) is 21.0. The van der Waals surface area contributed by atoms with Crippen LogP contribution in [-0.4, -0.2) is 29.5 Å². The van der Waals surface area contributed by atoms with Crippen molar-refractivity contribution in [1.29, 1.82) is 0 Å². The smallest absolute Gasteiger partial charge is 0.336 e. The van der Waals surface area contributed by atoms with Crippen LogP contribution in [0, 0.1) is 19.7 Å². The van der Waals surface area contributed by atoms with Gasteiger partial charge in [0.25, 0.3) is 11.8 Å². The van der Waals surface area contributed by atoms with Crippen LogP contribution in [0.2, 0.25) is 0 Å². The fraction of sp³-hybridized carbons (Fsp3) is 0.125. The number of amides is 4. The van der Waals surface area contributed by atoms with E-state index in [0.29, 0.717) is 11.3 Å². The van der Waals surface area contributed by atoms with Crippen LogP contribution in [0.1, 0.15) is 17.0 Å². The zero-order valence-electron chi connectivity index (χ0n) is 17.7. The van der Waals surface area contributed by atoms with E-state index >= 15 is 0 Å². The first-order valence-electron chi connectivity index (χ1n) is 9.81. The summed E-state index contributed by atoms with van der Waals surface area (Å²) in [6.45, 7) is 3.70. The van der Waals surface area contributed by atoms with Gasteiger partial charge in [-0.2, -0.15) is 0 Å². The molecule has 4 amide bonds. The molecule has 0 saturated carbocycles. The third-order valence-corrected chi connectivity index (χ3v) is 5.28. The highest BCUT2D eigenvalue weighted by Gasteiger charge is 2.38. The van der Waals surface area contributed by atoms with E-state index in [0.717, 1.165) is 22.0 Å². The van der Waals surface area contributed by atoms with Crippen molar-refractivity contribution in [1.82, 2.24) is 9.88 Å². The van der Waals surface area contributed by atoms with Crippen LogP contribution in [-0.2, 0) is 9.59 Å². The van der Waals surface area contributed by atoms with Crippen molar-refractivity contribution < 1.29 is 23.5 Å². The van der Waals surface area contributed by atoms with Gasteiger partial charge in [-0.05, 0) is 68.0 Å². The van der Waals surface area contributed by atoms with E-state index < -0.39 is 17.8 Å². The number of anilines is 1. The van der Waals surface area contributed by atoms with E-state index in [2.05, 4.69) is 5.32 Å². The number of aromatic nitrogens is 1. The highest BCUT2D eigenvalue weighted by Crippen LogP contribution is 2.31. The van der Waals surface area contributed by atoms with Gasteiger partial charge in [0.05, 0.1) is 12.8 Å². The monoisotopic (exact) mass is 433 g/mol. The third kappa shape index (κ3) is 3.56. The maximum Gasteiger partial charge on any atom is 0.336 e. The molecule has 7 nitrogen and oxygen atoms in total. The van der Waals surface area contributed by atoms with Gasteiger partial charge in [0.1, 0.15) is 17.1 Å². The average Bonchev–Trinajstić information content (AvgIpc) is 3.05. The van der Waals surface area contributed by atoms with Crippen LogP contribution >= 0.6 is 0 Å². The number of para-hydroxylation sites is 2. The molecule has 2 aromatic carbocycles. The minimum absolute atomic E-state index is 0.185. The molecular weight excluding hydrogens is 413 g/mol. The van der Waals surface area contributed by atoms with Crippen molar-refractivity contribution in [2.75, 3.05) is 12.0 Å². The molecule has 0 spiro atoms. The predicted octanol–water partition coefficient (Wildman–Crippen LogP) is 3.91. The number of benzene rings is 2. The summed E-state index contributed by atoms with van der Waals surface area (Å²) in [7, 11) is 1.43. The van der Waals surface area contributed by atoms with Crippen LogP contribution in [0.5, 0.6) is 5.75 Å². The zero-order chi connectivity index (χ0) is 23.0. The second-order valence-electron chi connectivity index (χ2n) is 7.27. The summed E-state index contributed by atoms with van der Waals surface area (Å²) < 4.78 is 20.5. The quantitative estimate of drug-likeness (QED) is 0.500. The SMILES string of the molecule is COc1ccccc1N1C(=O)NC(=O)C(=Cc2cc(C)n(-c3ccc(F)cc3)c2C)C1=O. The number of halogens is 1. The summed E-state index contributed by atoms with van der Waals surface area (Å²) in [6.07, 6.45) is 1.45. The minimum Gasteiger partial charge on any atom is -0.495 e. The summed E-state index contributed by atoms with van der Waals surface area (Å²) in [5.41, 5.74) is 3.00. The van der Waals surface area contributed by atoms with Crippen molar-refractivity contribution in [3.8, 4) is 11.4 Å². The lowest BCUT2D eigenvalue weighted by Gasteiger charge is -2.27. The number of aryl methyl sites for hydroxylation is 1. The number of barbiturate groups is 1. The molecule has 1 aliphatic rings. The Balaban J connectivity index is 1.77. The molecule has 0 radical (unpaired) electrons. The van der Waals surface area contributed by atoms with Crippen molar-refractivity contribution >= 4 is 29.6 Å². The van der Waals surface area contributed by atoms with E-state index in [4.69, 9.17) is 4.74 Å². The van der Waals surface area contributed by atoms with Gasteiger partial charge in [0.2, 0.25) is 0 Å². The number of carbonyl (C=O) groups is 3. The van der Waals surface area contributed by atoms with Crippen LogP contribution in [0.3, 0.4) is 0 Å². The maximum absolute atomic E-state index is 13.3. The molecule has 0 aliphatic carbocycles. The van der Waals surface area contributed by atoms with Crippen molar-refractivity contribution in [2.24, 2.45) is 0 Å². The number of nitrogens with zero attached hydrogens (tertiary/aromatic N) is 2. The van der Waals surface area contributed by atoms with Gasteiger partial charge >= 0.3 is 6.03 Å². The number of carbonyl (C=O) groups excluding carboxylic acids is 3. The molecule has 1 fully saturated rings. The molecule has 3 aromatic rings.